The van der Waals surface area contributed by atoms with Crippen molar-refractivity contribution in [3.05, 3.63) is 46.5 Å². The minimum atomic E-state index is -1.69. The molecule has 2 aromatic rings. The van der Waals surface area contributed by atoms with Crippen molar-refractivity contribution in [2.45, 2.75) is 32.5 Å². The van der Waals surface area contributed by atoms with Crippen LogP contribution in [0.25, 0.3) is 0 Å². The van der Waals surface area contributed by atoms with Crippen molar-refractivity contribution >= 4 is 5.78 Å². The second-order valence-corrected chi connectivity index (χ2v) is 7.02. The summed E-state index contributed by atoms with van der Waals surface area (Å²) in [5.41, 5.74) is 1.05. The molecule has 1 aliphatic heterocycles. The molecule has 0 bridgehead atoms. The lowest BCUT2D eigenvalue weighted by Gasteiger charge is -2.31. The Bertz CT molecular complexity index is 1000. The van der Waals surface area contributed by atoms with E-state index in [2.05, 4.69) is 0 Å². The SMILES string of the molecule is COc1cc(C2Oc3cc(O)c(CC=C(C)C)c(O)c3C(=O)C2O)cc(O)c1O. The maximum Gasteiger partial charge on any atom is 0.202 e. The molecule has 0 saturated heterocycles. The zero-order valence-corrected chi connectivity index (χ0v) is 16.1. The fourth-order valence-corrected chi connectivity index (χ4v) is 3.18. The van der Waals surface area contributed by atoms with Crippen LogP contribution in [0.4, 0.5) is 0 Å². The van der Waals surface area contributed by atoms with Crippen LogP contribution in [0.3, 0.4) is 0 Å². The Morgan fingerprint density at radius 1 is 1.10 bits per heavy atom. The number of ether oxygens (including phenoxy) is 2. The van der Waals surface area contributed by atoms with Gasteiger partial charge in [0.2, 0.25) is 11.5 Å². The Balaban J connectivity index is 2.08. The number of Topliss-reactive ketones (excluding diaryl/α,β-unsaturated/α-hetero) is 1. The molecule has 2 aromatic carbocycles. The summed E-state index contributed by atoms with van der Waals surface area (Å²) in [4.78, 5) is 12.8. The van der Waals surface area contributed by atoms with Crippen LogP contribution in [0.2, 0.25) is 0 Å². The Morgan fingerprint density at radius 2 is 1.79 bits per heavy atom. The molecule has 29 heavy (non-hydrogen) atoms. The number of aliphatic hydroxyl groups excluding tert-OH is 1. The highest BCUT2D eigenvalue weighted by Gasteiger charge is 2.40. The monoisotopic (exact) mass is 402 g/mol. The number of phenolic OH excluding ortho intramolecular Hbond substituents is 4. The number of fused-ring (bicyclic) bond motifs is 1. The predicted octanol–water partition coefficient (Wildman–Crippen LogP) is 2.70. The van der Waals surface area contributed by atoms with Gasteiger partial charge in [-0.3, -0.25) is 4.79 Å². The molecule has 0 amide bonds. The van der Waals surface area contributed by atoms with Crippen LogP contribution in [0.5, 0.6) is 34.5 Å². The number of phenols is 4. The van der Waals surface area contributed by atoms with Crippen LogP contribution >= 0.6 is 0 Å². The van der Waals surface area contributed by atoms with Gasteiger partial charge in [-0.15, -0.1) is 0 Å². The number of rotatable bonds is 4. The van der Waals surface area contributed by atoms with Crippen molar-refractivity contribution in [2.75, 3.05) is 7.11 Å². The molecule has 0 aromatic heterocycles. The number of ketones is 1. The van der Waals surface area contributed by atoms with E-state index in [0.29, 0.717) is 0 Å². The second-order valence-electron chi connectivity index (χ2n) is 7.02. The first-order valence-electron chi connectivity index (χ1n) is 8.85. The molecule has 0 spiro atoms. The Kier molecular flexibility index (Phi) is 5.30. The normalized spacial score (nSPS) is 18.0. The first-order chi connectivity index (χ1) is 13.6. The summed E-state index contributed by atoms with van der Waals surface area (Å²) in [6.45, 7) is 3.72. The van der Waals surface area contributed by atoms with Gasteiger partial charge in [0, 0.05) is 17.2 Å². The van der Waals surface area contributed by atoms with Crippen LogP contribution < -0.4 is 9.47 Å². The van der Waals surface area contributed by atoms with Crippen LogP contribution in [0.15, 0.2) is 29.8 Å². The molecule has 0 fully saturated rings. The van der Waals surface area contributed by atoms with Crippen molar-refractivity contribution in [1.82, 2.24) is 0 Å². The molecule has 8 heteroatoms. The smallest absolute Gasteiger partial charge is 0.202 e. The van der Waals surface area contributed by atoms with Gasteiger partial charge >= 0.3 is 0 Å². The minimum absolute atomic E-state index is 0.0724. The molecular formula is C21H22O8. The molecule has 0 saturated carbocycles. The molecule has 3 rings (SSSR count). The van der Waals surface area contributed by atoms with Crippen molar-refractivity contribution < 1.29 is 39.8 Å². The van der Waals surface area contributed by atoms with Gasteiger partial charge in [-0.2, -0.15) is 0 Å². The third-order valence-corrected chi connectivity index (χ3v) is 4.74. The Morgan fingerprint density at radius 3 is 2.41 bits per heavy atom. The third-order valence-electron chi connectivity index (χ3n) is 4.74. The summed E-state index contributed by atoms with van der Waals surface area (Å²) in [5, 5.41) is 51.0. The maximum atomic E-state index is 12.8. The summed E-state index contributed by atoms with van der Waals surface area (Å²) in [6.07, 6.45) is -0.968. The van der Waals surface area contributed by atoms with Gasteiger partial charge in [0.25, 0.3) is 0 Å². The van der Waals surface area contributed by atoms with Crippen LogP contribution in [0.1, 0.15) is 41.4 Å². The lowest BCUT2D eigenvalue weighted by atomic mass is 9.90. The topological polar surface area (TPSA) is 137 Å². The van der Waals surface area contributed by atoms with Gasteiger partial charge in [0.05, 0.1) is 7.11 Å². The van der Waals surface area contributed by atoms with Gasteiger partial charge in [-0.1, -0.05) is 11.6 Å². The van der Waals surface area contributed by atoms with Crippen LogP contribution in [0, 0.1) is 0 Å². The van der Waals surface area contributed by atoms with Crippen molar-refractivity contribution in [1.29, 1.82) is 0 Å². The van der Waals surface area contributed by atoms with Gasteiger partial charge < -0.3 is 35.0 Å². The lowest BCUT2D eigenvalue weighted by Crippen LogP contribution is -2.36. The number of carbonyl (C=O) groups is 1. The standard InChI is InChI=1S/C21H22O8/c1-9(2)4-5-11-12(22)8-14-16(17(11)24)19(26)20(27)21(29-14)10-6-13(23)18(25)15(7-10)28-3/h4,6-8,20-25,27H,5H2,1-3H3. The third kappa shape index (κ3) is 3.54. The van der Waals surface area contributed by atoms with E-state index in [1.54, 1.807) is 6.08 Å². The Hall–Kier alpha value is -3.39. The minimum Gasteiger partial charge on any atom is -0.507 e. The average Bonchev–Trinajstić information content (AvgIpc) is 2.66. The highest BCUT2D eigenvalue weighted by Crippen LogP contribution is 2.46. The molecule has 1 heterocycles. The molecule has 0 radical (unpaired) electrons. The van der Waals surface area contributed by atoms with E-state index < -0.39 is 35.2 Å². The van der Waals surface area contributed by atoms with E-state index in [1.807, 2.05) is 13.8 Å². The zero-order chi connectivity index (χ0) is 21.5. The summed E-state index contributed by atoms with van der Waals surface area (Å²) in [6, 6.07) is 3.65. The number of hydrogen-bond donors (Lipinski definition) is 5. The van der Waals surface area contributed by atoms with E-state index in [-0.39, 0.29) is 40.4 Å². The Labute approximate surface area is 166 Å². The fraction of sp³-hybridized carbons (Fsp3) is 0.286. The zero-order valence-electron chi connectivity index (χ0n) is 16.1. The number of hydrogen-bond acceptors (Lipinski definition) is 8. The van der Waals surface area contributed by atoms with Gasteiger partial charge in [-0.05, 0) is 32.4 Å². The molecule has 0 aliphatic carbocycles. The summed E-state index contributed by atoms with van der Waals surface area (Å²) >= 11 is 0. The first-order valence-corrected chi connectivity index (χ1v) is 8.85. The maximum absolute atomic E-state index is 12.8. The number of allylic oxidation sites excluding steroid dienone is 2. The summed E-state index contributed by atoms with van der Waals surface area (Å²) in [7, 11) is 1.28. The summed E-state index contributed by atoms with van der Waals surface area (Å²) in [5.74, 6) is -2.69. The van der Waals surface area contributed by atoms with E-state index in [9.17, 15) is 30.3 Å². The summed E-state index contributed by atoms with van der Waals surface area (Å²) < 4.78 is 10.7. The van der Waals surface area contributed by atoms with Crippen molar-refractivity contribution in [3.63, 3.8) is 0 Å². The number of aliphatic hydroxyl groups is 1. The number of aromatic hydroxyl groups is 4. The van der Waals surface area contributed by atoms with Gasteiger partial charge in [0.15, 0.2) is 23.7 Å². The first kappa shape index (κ1) is 20.3. The van der Waals surface area contributed by atoms with Crippen molar-refractivity contribution in [3.8, 4) is 34.5 Å². The predicted molar refractivity (Wildman–Crippen MR) is 103 cm³/mol. The molecule has 5 N–H and O–H groups in total. The molecule has 154 valence electrons. The highest BCUT2D eigenvalue weighted by atomic mass is 16.5. The fourth-order valence-electron chi connectivity index (χ4n) is 3.18. The van der Waals surface area contributed by atoms with E-state index in [0.717, 1.165) is 11.6 Å². The van der Waals surface area contributed by atoms with Crippen LogP contribution in [-0.4, -0.2) is 44.5 Å². The molecule has 2 atom stereocenters. The largest absolute Gasteiger partial charge is 0.507 e. The van der Waals surface area contributed by atoms with Gasteiger partial charge in [0.1, 0.15) is 22.8 Å². The van der Waals surface area contributed by atoms with Crippen LogP contribution in [-0.2, 0) is 6.42 Å². The van der Waals surface area contributed by atoms with E-state index in [1.165, 1.54) is 19.2 Å². The lowest BCUT2D eigenvalue weighted by molar-refractivity contribution is 0.0208. The number of benzene rings is 2. The average molecular weight is 402 g/mol. The molecular weight excluding hydrogens is 380 g/mol. The highest BCUT2D eigenvalue weighted by molar-refractivity contribution is 6.06. The van der Waals surface area contributed by atoms with Crippen molar-refractivity contribution in [2.24, 2.45) is 0 Å². The quantitative estimate of drug-likeness (QED) is 0.389. The second kappa shape index (κ2) is 7.56. The van der Waals surface area contributed by atoms with E-state index >= 15 is 0 Å². The van der Waals surface area contributed by atoms with E-state index in [4.69, 9.17) is 9.47 Å². The number of methoxy groups -OCH3 is 1. The molecule has 2 unspecified atom stereocenters. The molecule has 8 nitrogen and oxygen atoms in total. The molecule has 1 aliphatic rings. The number of carbonyl (C=O) groups excluding carboxylic acids is 1. The van der Waals surface area contributed by atoms with Gasteiger partial charge in [-0.25, -0.2) is 0 Å².